The molecule has 0 radical (unpaired) electrons. The minimum Gasteiger partial charge on any atom is -0.436 e. The second kappa shape index (κ2) is 7.69. The van der Waals surface area contributed by atoms with Gasteiger partial charge in [0.2, 0.25) is 5.76 Å². The van der Waals surface area contributed by atoms with Crippen molar-refractivity contribution in [1.82, 2.24) is 24.6 Å². The summed E-state index contributed by atoms with van der Waals surface area (Å²) in [5.74, 6) is -0.00321. The van der Waals surface area contributed by atoms with Crippen molar-refractivity contribution >= 4 is 17.4 Å². The molecule has 3 heterocycles. The van der Waals surface area contributed by atoms with Crippen LogP contribution in [0, 0.1) is 19.7 Å². The molecule has 5 aromatic rings. The van der Waals surface area contributed by atoms with Crippen molar-refractivity contribution in [3.63, 3.8) is 0 Å². The van der Waals surface area contributed by atoms with Gasteiger partial charge in [0.25, 0.3) is 11.7 Å². The fraction of sp³-hybridized carbons (Fsp3) is 0.0870. The van der Waals surface area contributed by atoms with Crippen molar-refractivity contribution in [1.29, 1.82) is 0 Å². The number of hydrogen-bond donors (Lipinski definition) is 1. The van der Waals surface area contributed by atoms with Gasteiger partial charge in [-0.05, 0) is 30.7 Å². The topological polar surface area (TPSA) is 98.2 Å². The van der Waals surface area contributed by atoms with Gasteiger partial charge in [0.05, 0.1) is 11.3 Å². The van der Waals surface area contributed by atoms with Gasteiger partial charge in [0.1, 0.15) is 5.82 Å². The van der Waals surface area contributed by atoms with Crippen LogP contribution in [0.5, 0.6) is 0 Å². The summed E-state index contributed by atoms with van der Waals surface area (Å²) in [5.41, 5.74) is 2.82. The molecule has 8 nitrogen and oxygen atoms in total. The Morgan fingerprint density at radius 1 is 1.06 bits per heavy atom. The number of carbonyl (C=O) groups excluding carboxylic acids is 1. The molecule has 32 heavy (non-hydrogen) atoms. The van der Waals surface area contributed by atoms with Crippen LogP contribution in [0.1, 0.15) is 22.1 Å². The number of amides is 1. The first-order valence-corrected chi connectivity index (χ1v) is 9.81. The fourth-order valence-corrected chi connectivity index (χ4v) is 3.38. The van der Waals surface area contributed by atoms with E-state index in [0.29, 0.717) is 23.0 Å². The van der Waals surface area contributed by atoms with Gasteiger partial charge in [-0.2, -0.15) is 4.98 Å². The SMILES string of the molecule is Cc1nc(C)c(C(=O)Nc2ccc(F)c(-c3nc4ncc(-c5ccccc5)cn4n3)c2)o1. The minimum absolute atomic E-state index is 0.108. The molecule has 0 saturated heterocycles. The fourth-order valence-electron chi connectivity index (χ4n) is 3.38. The number of hydrogen-bond acceptors (Lipinski definition) is 6. The number of aromatic nitrogens is 5. The van der Waals surface area contributed by atoms with E-state index in [0.717, 1.165) is 11.1 Å². The molecule has 2 aromatic carbocycles. The number of nitrogens with zero attached hydrogens (tertiary/aromatic N) is 5. The summed E-state index contributed by atoms with van der Waals surface area (Å²) in [4.78, 5) is 25.3. The summed E-state index contributed by atoms with van der Waals surface area (Å²) in [6.07, 6.45) is 3.48. The number of rotatable bonds is 4. The predicted octanol–water partition coefficient (Wildman–Crippen LogP) is 4.45. The molecular weight excluding hydrogens is 411 g/mol. The van der Waals surface area contributed by atoms with Gasteiger partial charge in [-0.1, -0.05) is 30.3 Å². The number of nitrogens with one attached hydrogen (secondary N) is 1. The first-order chi connectivity index (χ1) is 15.5. The second-order valence-corrected chi connectivity index (χ2v) is 7.18. The molecule has 0 aliphatic carbocycles. The van der Waals surface area contributed by atoms with E-state index in [-0.39, 0.29) is 17.1 Å². The van der Waals surface area contributed by atoms with E-state index in [1.165, 1.54) is 22.7 Å². The van der Waals surface area contributed by atoms with Crippen LogP contribution in [0.2, 0.25) is 0 Å². The summed E-state index contributed by atoms with van der Waals surface area (Å²) in [5, 5.41) is 7.08. The molecule has 0 saturated carbocycles. The monoisotopic (exact) mass is 428 g/mol. The lowest BCUT2D eigenvalue weighted by Crippen LogP contribution is -2.12. The third kappa shape index (κ3) is 3.60. The number of aryl methyl sites for hydroxylation is 2. The highest BCUT2D eigenvalue weighted by atomic mass is 19.1. The largest absolute Gasteiger partial charge is 0.436 e. The van der Waals surface area contributed by atoms with Crippen LogP contribution in [0.25, 0.3) is 28.3 Å². The van der Waals surface area contributed by atoms with E-state index >= 15 is 0 Å². The summed E-state index contributed by atoms with van der Waals surface area (Å²) in [6.45, 7) is 3.34. The minimum atomic E-state index is -0.520. The molecule has 0 aliphatic heterocycles. The Labute approximate surface area is 181 Å². The maximum Gasteiger partial charge on any atom is 0.293 e. The molecular formula is C23H17FN6O2. The van der Waals surface area contributed by atoms with Gasteiger partial charge < -0.3 is 9.73 Å². The van der Waals surface area contributed by atoms with Crippen molar-refractivity contribution in [2.24, 2.45) is 0 Å². The Morgan fingerprint density at radius 2 is 1.88 bits per heavy atom. The zero-order chi connectivity index (χ0) is 22.2. The Bertz CT molecular complexity index is 1460. The smallest absolute Gasteiger partial charge is 0.293 e. The number of fused-ring (bicyclic) bond motifs is 1. The van der Waals surface area contributed by atoms with Crippen LogP contribution in [0.3, 0.4) is 0 Å². The van der Waals surface area contributed by atoms with Gasteiger partial charge in [0.15, 0.2) is 11.7 Å². The molecule has 158 valence electrons. The predicted molar refractivity (Wildman–Crippen MR) is 116 cm³/mol. The average molecular weight is 428 g/mol. The van der Waals surface area contributed by atoms with Gasteiger partial charge in [-0.3, -0.25) is 4.79 Å². The van der Waals surface area contributed by atoms with Gasteiger partial charge in [0, 0.05) is 30.6 Å². The molecule has 0 aliphatic rings. The quantitative estimate of drug-likeness (QED) is 0.454. The van der Waals surface area contributed by atoms with E-state index in [4.69, 9.17) is 4.42 Å². The molecule has 1 amide bonds. The zero-order valence-corrected chi connectivity index (χ0v) is 17.2. The van der Waals surface area contributed by atoms with Crippen molar-refractivity contribution in [3.05, 3.63) is 84.1 Å². The number of halogens is 1. The number of oxazole rings is 1. The van der Waals surface area contributed by atoms with Gasteiger partial charge >= 0.3 is 0 Å². The zero-order valence-electron chi connectivity index (χ0n) is 17.2. The highest BCUT2D eigenvalue weighted by molar-refractivity contribution is 6.03. The molecule has 5 rings (SSSR count). The molecule has 0 spiro atoms. The lowest BCUT2D eigenvalue weighted by atomic mass is 10.1. The first-order valence-electron chi connectivity index (χ1n) is 9.81. The number of anilines is 1. The Morgan fingerprint density at radius 3 is 2.62 bits per heavy atom. The van der Waals surface area contributed by atoms with Crippen LogP contribution in [0.15, 0.2) is 65.3 Å². The maximum absolute atomic E-state index is 14.6. The molecule has 0 bridgehead atoms. The van der Waals surface area contributed by atoms with Crippen molar-refractivity contribution in [3.8, 4) is 22.5 Å². The van der Waals surface area contributed by atoms with Gasteiger partial charge in [-0.15, -0.1) is 5.10 Å². The van der Waals surface area contributed by atoms with Gasteiger partial charge in [-0.25, -0.2) is 18.9 Å². The highest BCUT2D eigenvalue weighted by Crippen LogP contribution is 2.25. The van der Waals surface area contributed by atoms with Crippen LogP contribution in [-0.4, -0.2) is 30.5 Å². The van der Waals surface area contributed by atoms with Crippen molar-refractivity contribution in [2.45, 2.75) is 13.8 Å². The summed E-state index contributed by atoms with van der Waals surface area (Å²) in [7, 11) is 0. The molecule has 0 fully saturated rings. The molecule has 0 unspecified atom stereocenters. The molecule has 0 atom stereocenters. The second-order valence-electron chi connectivity index (χ2n) is 7.18. The van der Waals surface area contributed by atoms with E-state index in [2.05, 4.69) is 25.4 Å². The van der Waals surface area contributed by atoms with Crippen molar-refractivity contribution in [2.75, 3.05) is 5.32 Å². The first kappa shape index (κ1) is 19.6. The van der Waals surface area contributed by atoms with E-state index in [1.54, 1.807) is 26.2 Å². The number of carbonyl (C=O) groups is 1. The summed E-state index contributed by atoms with van der Waals surface area (Å²) in [6, 6.07) is 13.9. The third-order valence-electron chi connectivity index (χ3n) is 4.88. The molecule has 9 heteroatoms. The van der Waals surface area contributed by atoms with Crippen molar-refractivity contribution < 1.29 is 13.6 Å². The van der Waals surface area contributed by atoms with Crippen LogP contribution >= 0.6 is 0 Å². The summed E-state index contributed by atoms with van der Waals surface area (Å²) >= 11 is 0. The Hall–Kier alpha value is -4.40. The Balaban J connectivity index is 1.48. The summed E-state index contributed by atoms with van der Waals surface area (Å²) < 4.78 is 21.4. The average Bonchev–Trinajstić information content (AvgIpc) is 3.37. The standard InChI is InChI=1S/C23H17FN6O2/c1-13-20(32-14(2)26-13)22(31)27-17-8-9-19(24)18(10-17)21-28-23-25-11-16(12-30(23)29-21)15-6-4-3-5-7-15/h3-12H,1-2H3,(H,27,31). The lowest BCUT2D eigenvalue weighted by molar-refractivity contribution is 0.0994. The highest BCUT2D eigenvalue weighted by Gasteiger charge is 2.18. The lowest BCUT2D eigenvalue weighted by Gasteiger charge is -2.06. The number of benzene rings is 2. The normalized spacial score (nSPS) is 11.1. The van der Waals surface area contributed by atoms with Crippen LogP contribution in [-0.2, 0) is 0 Å². The van der Waals surface area contributed by atoms with E-state index < -0.39 is 11.7 Å². The van der Waals surface area contributed by atoms with E-state index in [9.17, 15) is 9.18 Å². The van der Waals surface area contributed by atoms with Crippen LogP contribution in [0.4, 0.5) is 10.1 Å². The molecule has 3 aromatic heterocycles. The van der Waals surface area contributed by atoms with E-state index in [1.807, 2.05) is 30.3 Å². The Kier molecular flexibility index (Phi) is 4.70. The third-order valence-corrected chi connectivity index (χ3v) is 4.88. The maximum atomic E-state index is 14.6. The van der Waals surface area contributed by atoms with Crippen LogP contribution < -0.4 is 5.32 Å². The molecule has 1 N–H and O–H groups in total.